The first-order chi connectivity index (χ1) is 13.1. The smallest absolute Gasteiger partial charge is 0.416 e. The van der Waals surface area contributed by atoms with Crippen molar-refractivity contribution in [3.63, 3.8) is 0 Å². The first-order valence-electron chi connectivity index (χ1n) is 8.37. The van der Waals surface area contributed by atoms with Gasteiger partial charge in [0, 0.05) is 12.2 Å². The van der Waals surface area contributed by atoms with Crippen LogP contribution in [0, 0.1) is 6.92 Å². The molecule has 2 N–H and O–H groups in total. The van der Waals surface area contributed by atoms with Crippen molar-refractivity contribution >= 4 is 11.6 Å². The van der Waals surface area contributed by atoms with Crippen molar-refractivity contribution in [3.8, 4) is 5.75 Å². The molecule has 28 heavy (non-hydrogen) atoms. The summed E-state index contributed by atoms with van der Waals surface area (Å²) in [7, 11) is 0. The van der Waals surface area contributed by atoms with Crippen LogP contribution in [0.1, 0.15) is 16.7 Å². The lowest BCUT2D eigenvalue weighted by atomic mass is 10.1. The van der Waals surface area contributed by atoms with Gasteiger partial charge in [0.1, 0.15) is 5.75 Å². The van der Waals surface area contributed by atoms with Gasteiger partial charge in [-0.1, -0.05) is 18.2 Å². The van der Waals surface area contributed by atoms with Crippen LogP contribution >= 0.6 is 0 Å². The monoisotopic (exact) mass is 402 g/mol. The minimum Gasteiger partial charge on any atom is -0.435 e. The van der Waals surface area contributed by atoms with Gasteiger partial charge in [-0.15, -0.1) is 0 Å². The number of halogens is 5. The summed E-state index contributed by atoms with van der Waals surface area (Å²) in [5.74, 6) is -0.338. The van der Waals surface area contributed by atoms with Crippen molar-refractivity contribution in [1.29, 1.82) is 0 Å². The summed E-state index contributed by atoms with van der Waals surface area (Å²) in [6.07, 6.45) is -4.00. The topological polar surface area (TPSA) is 50.4 Å². The molecule has 1 amide bonds. The molecule has 9 heteroatoms. The summed E-state index contributed by atoms with van der Waals surface area (Å²) in [5.41, 5.74) is 0.357. The number of anilines is 1. The Balaban J connectivity index is 1.77. The van der Waals surface area contributed by atoms with E-state index in [4.69, 9.17) is 0 Å². The van der Waals surface area contributed by atoms with Crippen LogP contribution in [0.4, 0.5) is 27.6 Å². The van der Waals surface area contributed by atoms with Gasteiger partial charge in [-0.05, 0) is 48.7 Å². The lowest BCUT2D eigenvalue weighted by Crippen LogP contribution is -2.31. The summed E-state index contributed by atoms with van der Waals surface area (Å²) in [6, 6.07) is 9.79. The van der Waals surface area contributed by atoms with Gasteiger partial charge in [0.15, 0.2) is 0 Å². The normalized spacial score (nSPS) is 11.4. The molecule has 2 rings (SSSR count). The predicted molar refractivity (Wildman–Crippen MR) is 94.5 cm³/mol. The molecule has 0 bridgehead atoms. The van der Waals surface area contributed by atoms with Crippen LogP contribution in [0.5, 0.6) is 5.75 Å². The zero-order valence-electron chi connectivity index (χ0n) is 14.9. The molecule has 0 fully saturated rings. The molecule has 0 aliphatic carbocycles. The molecule has 0 radical (unpaired) electrons. The van der Waals surface area contributed by atoms with Crippen molar-refractivity contribution in [2.45, 2.75) is 26.1 Å². The molecule has 0 aromatic heterocycles. The highest BCUT2D eigenvalue weighted by atomic mass is 19.4. The lowest BCUT2D eigenvalue weighted by molar-refractivity contribution is -0.138. The minimum atomic E-state index is -4.46. The summed E-state index contributed by atoms with van der Waals surface area (Å²) < 4.78 is 67.1. The third-order valence-electron chi connectivity index (χ3n) is 3.88. The number of carbonyl (C=O) groups is 1. The Morgan fingerprint density at radius 3 is 2.39 bits per heavy atom. The van der Waals surface area contributed by atoms with Gasteiger partial charge in [0.25, 0.3) is 0 Å². The molecule has 152 valence electrons. The van der Waals surface area contributed by atoms with E-state index in [9.17, 15) is 26.7 Å². The van der Waals surface area contributed by atoms with E-state index in [1.165, 1.54) is 31.2 Å². The van der Waals surface area contributed by atoms with Crippen LogP contribution < -0.4 is 15.4 Å². The van der Waals surface area contributed by atoms with E-state index in [-0.39, 0.29) is 36.0 Å². The first-order valence-corrected chi connectivity index (χ1v) is 8.37. The minimum absolute atomic E-state index is 0.0447. The Hall–Kier alpha value is -2.84. The number of benzene rings is 2. The van der Waals surface area contributed by atoms with Crippen molar-refractivity contribution in [1.82, 2.24) is 5.32 Å². The second-order valence-corrected chi connectivity index (χ2v) is 6.00. The van der Waals surface area contributed by atoms with E-state index < -0.39 is 18.4 Å². The maximum atomic E-state index is 12.9. The fraction of sp³-hybridized carbons (Fsp3) is 0.316. The van der Waals surface area contributed by atoms with Crippen molar-refractivity contribution < 1.29 is 31.5 Å². The van der Waals surface area contributed by atoms with Crippen LogP contribution in [0.25, 0.3) is 0 Å². The molecule has 0 heterocycles. The summed E-state index contributed by atoms with van der Waals surface area (Å²) in [6.45, 7) is -1.41. The summed E-state index contributed by atoms with van der Waals surface area (Å²) >= 11 is 0. The summed E-state index contributed by atoms with van der Waals surface area (Å²) in [5, 5.41) is 5.29. The van der Waals surface area contributed by atoms with Gasteiger partial charge in [0.05, 0.1) is 12.1 Å². The number of rotatable bonds is 8. The average molecular weight is 402 g/mol. The molecule has 0 aliphatic heterocycles. The largest absolute Gasteiger partial charge is 0.435 e. The highest BCUT2D eigenvalue weighted by Gasteiger charge is 2.32. The second-order valence-electron chi connectivity index (χ2n) is 6.00. The van der Waals surface area contributed by atoms with Crippen LogP contribution in [0.3, 0.4) is 0 Å². The van der Waals surface area contributed by atoms with E-state index in [2.05, 4.69) is 15.4 Å². The fourth-order valence-corrected chi connectivity index (χ4v) is 2.47. The van der Waals surface area contributed by atoms with Crippen molar-refractivity contribution in [2.24, 2.45) is 0 Å². The van der Waals surface area contributed by atoms with E-state index in [1.54, 1.807) is 12.1 Å². The Kier molecular flexibility index (Phi) is 7.19. The third-order valence-corrected chi connectivity index (χ3v) is 3.88. The third kappa shape index (κ3) is 6.71. The van der Waals surface area contributed by atoms with Crippen molar-refractivity contribution in [3.05, 3.63) is 59.2 Å². The molecule has 4 nitrogen and oxygen atoms in total. The van der Waals surface area contributed by atoms with Gasteiger partial charge in [-0.3, -0.25) is 4.79 Å². The Labute approximate surface area is 158 Å². The number of ether oxygens (including phenoxy) is 1. The van der Waals surface area contributed by atoms with Crippen LogP contribution in [0.15, 0.2) is 42.5 Å². The van der Waals surface area contributed by atoms with Crippen LogP contribution in [0.2, 0.25) is 0 Å². The van der Waals surface area contributed by atoms with E-state index in [0.717, 1.165) is 11.6 Å². The van der Waals surface area contributed by atoms with Gasteiger partial charge < -0.3 is 15.4 Å². The molecule has 0 aliphatic rings. The van der Waals surface area contributed by atoms with Gasteiger partial charge >= 0.3 is 12.8 Å². The summed E-state index contributed by atoms with van der Waals surface area (Å²) in [4.78, 5) is 11.8. The molecule has 0 spiro atoms. The fourth-order valence-electron chi connectivity index (χ4n) is 2.47. The van der Waals surface area contributed by atoms with Crippen LogP contribution in [-0.4, -0.2) is 25.6 Å². The molecule has 0 unspecified atom stereocenters. The maximum Gasteiger partial charge on any atom is 0.416 e. The van der Waals surface area contributed by atoms with Crippen LogP contribution in [-0.2, 0) is 17.4 Å². The average Bonchev–Trinajstić information content (AvgIpc) is 2.61. The molecule has 0 atom stereocenters. The zero-order valence-corrected chi connectivity index (χ0v) is 14.9. The molecule has 0 saturated heterocycles. The van der Waals surface area contributed by atoms with E-state index in [1.807, 2.05) is 0 Å². The first kappa shape index (κ1) is 21.5. The Morgan fingerprint density at radius 2 is 1.79 bits per heavy atom. The number of carbonyl (C=O) groups excluding carboxylic acids is 1. The maximum absolute atomic E-state index is 12.9. The molecule has 2 aromatic rings. The van der Waals surface area contributed by atoms with Gasteiger partial charge in [-0.25, -0.2) is 0 Å². The number of aryl methyl sites for hydroxylation is 1. The highest BCUT2D eigenvalue weighted by molar-refractivity contribution is 5.80. The molecule has 0 saturated carbocycles. The van der Waals surface area contributed by atoms with Crippen molar-refractivity contribution in [2.75, 3.05) is 18.4 Å². The lowest BCUT2D eigenvalue weighted by Gasteiger charge is -2.13. The van der Waals surface area contributed by atoms with E-state index in [0.29, 0.717) is 6.42 Å². The van der Waals surface area contributed by atoms with E-state index >= 15 is 0 Å². The number of hydrogen-bond acceptors (Lipinski definition) is 3. The molecular formula is C19H19F5N2O2. The second kappa shape index (κ2) is 9.38. The highest BCUT2D eigenvalue weighted by Crippen LogP contribution is 2.33. The molecule has 2 aromatic carbocycles. The Morgan fingerprint density at radius 1 is 1.11 bits per heavy atom. The number of alkyl halides is 5. The molecular weight excluding hydrogens is 383 g/mol. The zero-order chi connectivity index (χ0) is 20.7. The SMILES string of the molecule is Cc1ccc(NCC(=O)NCCc2ccc(OC(F)F)cc2)cc1C(F)(F)F. The number of nitrogens with one attached hydrogen (secondary N) is 2. The Bertz CT molecular complexity index is 792. The number of hydrogen-bond donors (Lipinski definition) is 2. The standard InChI is InChI=1S/C19H19F5N2O2/c1-12-2-5-14(10-16(12)19(22,23)24)26-11-17(27)25-9-8-13-3-6-15(7-4-13)28-18(20)21/h2-7,10,18,26H,8-9,11H2,1H3,(H,25,27). The van der Waals surface area contributed by atoms with Gasteiger partial charge in [-0.2, -0.15) is 22.0 Å². The van der Waals surface area contributed by atoms with Gasteiger partial charge in [0.2, 0.25) is 5.91 Å². The quantitative estimate of drug-likeness (QED) is 0.644. The predicted octanol–water partition coefficient (Wildman–Crippen LogP) is 4.39. The number of amides is 1.